The van der Waals surface area contributed by atoms with Crippen LogP contribution < -0.4 is 0 Å². The topological polar surface area (TPSA) is 38.1 Å². The molecule has 0 unspecified atom stereocenters. The lowest BCUT2D eigenvalue weighted by molar-refractivity contribution is -0.118. The maximum atomic E-state index is 10.5. The fourth-order valence-corrected chi connectivity index (χ4v) is 0.954. The fourth-order valence-electron chi connectivity index (χ4n) is 0.954. The van der Waals surface area contributed by atoms with E-state index in [9.17, 15) is 4.79 Å². The van der Waals surface area contributed by atoms with E-state index >= 15 is 0 Å². The van der Waals surface area contributed by atoms with Crippen LogP contribution in [0.1, 0.15) is 12.7 Å². The Morgan fingerprint density at radius 2 is 2.50 bits per heavy atom. The van der Waals surface area contributed by atoms with Crippen molar-refractivity contribution in [3.8, 4) is 0 Å². The van der Waals surface area contributed by atoms with Gasteiger partial charge in [0.1, 0.15) is 5.82 Å². The van der Waals surface area contributed by atoms with Crippen molar-refractivity contribution in [2.75, 3.05) is 6.54 Å². The molecule has 0 radical (unpaired) electrons. The Kier molecular flexibility index (Phi) is 2.85. The molecule has 0 saturated carbocycles. The van der Waals surface area contributed by atoms with Crippen molar-refractivity contribution in [1.29, 1.82) is 0 Å². The van der Waals surface area contributed by atoms with Gasteiger partial charge in [-0.15, -0.1) is 0 Å². The van der Waals surface area contributed by atoms with E-state index in [-0.39, 0.29) is 0 Å². The Labute approximate surface area is 71.8 Å². The first kappa shape index (κ1) is 8.77. The van der Waals surface area contributed by atoms with Crippen molar-refractivity contribution in [1.82, 2.24) is 14.5 Å². The molecule has 1 amide bonds. The van der Waals surface area contributed by atoms with E-state index in [1.54, 1.807) is 11.1 Å². The average molecular weight is 167 g/mol. The van der Waals surface area contributed by atoms with E-state index in [1.165, 1.54) is 0 Å². The van der Waals surface area contributed by atoms with E-state index in [0.717, 1.165) is 18.8 Å². The average Bonchev–Trinajstić information content (AvgIpc) is 2.47. The van der Waals surface area contributed by atoms with Crippen molar-refractivity contribution in [2.45, 2.75) is 13.5 Å². The van der Waals surface area contributed by atoms with Gasteiger partial charge < -0.3 is 9.47 Å². The smallest absolute Gasteiger partial charge is 0.210 e. The molecule has 66 valence electrons. The third-order valence-electron chi connectivity index (χ3n) is 1.82. The van der Waals surface area contributed by atoms with Gasteiger partial charge in [0.25, 0.3) is 0 Å². The molecule has 0 bridgehead atoms. The van der Waals surface area contributed by atoms with E-state index in [1.807, 2.05) is 24.7 Å². The van der Waals surface area contributed by atoms with Gasteiger partial charge in [0.05, 0.1) is 6.54 Å². The molecule has 0 aliphatic carbocycles. The second kappa shape index (κ2) is 3.90. The first-order chi connectivity index (χ1) is 5.77. The molecule has 0 aliphatic rings. The third kappa shape index (κ3) is 1.84. The van der Waals surface area contributed by atoms with Crippen molar-refractivity contribution in [3.63, 3.8) is 0 Å². The summed E-state index contributed by atoms with van der Waals surface area (Å²) in [6, 6.07) is 0. The van der Waals surface area contributed by atoms with Crippen molar-refractivity contribution < 1.29 is 4.79 Å². The highest BCUT2D eigenvalue weighted by Crippen LogP contribution is 1.98. The Balaban J connectivity index is 2.62. The van der Waals surface area contributed by atoms with E-state index in [2.05, 4.69) is 4.98 Å². The SMILES string of the molecule is CCN(C=O)Cc1nccn1C. The Morgan fingerprint density at radius 1 is 1.75 bits per heavy atom. The summed E-state index contributed by atoms with van der Waals surface area (Å²) in [6.45, 7) is 3.25. The largest absolute Gasteiger partial charge is 0.338 e. The van der Waals surface area contributed by atoms with Gasteiger partial charge in [0.15, 0.2) is 0 Å². The number of nitrogens with zero attached hydrogens (tertiary/aromatic N) is 3. The second-order valence-electron chi connectivity index (χ2n) is 2.62. The molecule has 0 aromatic carbocycles. The van der Waals surface area contributed by atoms with Gasteiger partial charge in [-0.2, -0.15) is 0 Å². The molecule has 0 fully saturated rings. The molecule has 12 heavy (non-hydrogen) atoms. The summed E-state index contributed by atoms with van der Waals surface area (Å²) in [5.41, 5.74) is 0. The summed E-state index contributed by atoms with van der Waals surface area (Å²) >= 11 is 0. The Bertz CT molecular complexity index is 257. The predicted molar refractivity (Wildman–Crippen MR) is 45.4 cm³/mol. The number of carbonyl (C=O) groups is 1. The molecule has 1 aromatic heterocycles. The van der Waals surface area contributed by atoms with E-state index in [0.29, 0.717) is 6.54 Å². The summed E-state index contributed by atoms with van der Waals surface area (Å²) in [5, 5.41) is 0. The van der Waals surface area contributed by atoms with Crippen molar-refractivity contribution >= 4 is 6.41 Å². The Morgan fingerprint density at radius 3 is 2.92 bits per heavy atom. The molecule has 0 saturated heterocycles. The molecule has 0 spiro atoms. The molecule has 0 atom stereocenters. The quantitative estimate of drug-likeness (QED) is 0.609. The van der Waals surface area contributed by atoms with Crippen LogP contribution in [-0.2, 0) is 18.4 Å². The van der Waals surface area contributed by atoms with Gasteiger partial charge in [-0.05, 0) is 6.92 Å². The zero-order valence-corrected chi connectivity index (χ0v) is 7.40. The van der Waals surface area contributed by atoms with Gasteiger partial charge in [-0.1, -0.05) is 0 Å². The van der Waals surface area contributed by atoms with Crippen LogP contribution in [-0.4, -0.2) is 27.4 Å². The number of hydrogen-bond acceptors (Lipinski definition) is 2. The van der Waals surface area contributed by atoms with Crippen LogP contribution in [0, 0.1) is 0 Å². The second-order valence-corrected chi connectivity index (χ2v) is 2.62. The van der Waals surface area contributed by atoms with Gasteiger partial charge in [0, 0.05) is 26.0 Å². The van der Waals surface area contributed by atoms with Crippen LogP contribution in [0.3, 0.4) is 0 Å². The highest BCUT2D eigenvalue weighted by molar-refractivity contribution is 5.46. The summed E-state index contributed by atoms with van der Waals surface area (Å²) < 4.78 is 1.91. The number of imidazole rings is 1. The first-order valence-corrected chi connectivity index (χ1v) is 3.93. The van der Waals surface area contributed by atoms with E-state index < -0.39 is 0 Å². The predicted octanol–water partition coefficient (Wildman–Crippen LogP) is 0.398. The lowest BCUT2D eigenvalue weighted by Gasteiger charge is -2.13. The summed E-state index contributed by atoms with van der Waals surface area (Å²) in [6.07, 6.45) is 4.44. The third-order valence-corrected chi connectivity index (χ3v) is 1.82. The molecule has 1 aromatic rings. The minimum atomic E-state index is 0.587. The van der Waals surface area contributed by atoms with Crippen LogP contribution in [0.25, 0.3) is 0 Å². The minimum absolute atomic E-state index is 0.587. The summed E-state index contributed by atoms with van der Waals surface area (Å²) in [5.74, 6) is 0.906. The van der Waals surface area contributed by atoms with Crippen LogP contribution >= 0.6 is 0 Å². The maximum absolute atomic E-state index is 10.5. The van der Waals surface area contributed by atoms with Crippen LogP contribution in [0.4, 0.5) is 0 Å². The first-order valence-electron chi connectivity index (χ1n) is 3.93. The summed E-state index contributed by atoms with van der Waals surface area (Å²) in [4.78, 5) is 16.2. The summed E-state index contributed by atoms with van der Waals surface area (Å²) in [7, 11) is 1.92. The standard InChI is InChI=1S/C8H13N3O/c1-3-11(7-12)6-8-9-4-5-10(8)2/h4-5,7H,3,6H2,1-2H3. The number of hydrogen-bond donors (Lipinski definition) is 0. The normalized spacial score (nSPS) is 9.83. The van der Waals surface area contributed by atoms with Crippen molar-refractivity contribution in [3.05, 3.63) is 18.2 Å². The molecule has 4 nitrogen and oxygen atoms in total. The Hall–Kier alpha value is -1.32. The number of amides is 1. The molecule has 0 N–H and O–H groups in total. The van der Waals surface area contributed by atoms with Gasteiger partial charge in [-0.3, -0.25) is 4.79 Å². The maximum Gasteiger partial charge on any atom is 0.210 e. The van der Waals surface area contributed by atoms with Crippen LogP contribution in [0.2, 0.25) is 0 Å². The molecule has 1 rings (SSSR count). The lowest BCUT2D eigenvalue weighted by Crippen LogP contribution is -2.22. The zero-order chi connectivity index (χ0) is 8.97. The fraction of sp³-hybridized carbons (Fsp3) is 0.500. The van der Waals surface area contributed by atoms with Gasteiger partial charge in [0.2, 0.25) is 6.41 Å². The minimum Gasteiger partial charge on any atom is -0.338 e. The number of aromatic nitrogens is 2. The molecular formula is C8H13N3O. The lowest BCUT2D eigenvalue weighted by atomic mass is 10.5. The van der Waals surface area contributed by atoms with Gasteiger partial charge in [-0.25, -0.2) is 4.98 Å². The highest BCUT2D eigenvalue weighted by atomic mass is 16.1. The molecule has 4 heteroatoms. The molecule has 1 heterocycles. The molecular weight excluding hydrogens is 154 g/mol. The van der Waals surface area contributed by atoms with Crippen molar-refractivity contribution in [2.24, 2.45) is 7.05 Å². The van der Waals surface area contributed by atoms with Crippen LogP contribution in [0.5, 0.6) is 0 Å². The van der Waals surface area contributed by atoms with Crippen LogP contribution in [0.15, 0.2) is 12.4 Å². The molecule has 0 aliphatic heterocycles. The number of rotatable bonds is 4. The van der Waals surface area contributed by atoms with Gasteiger partial charge >= 0.3 is 0 Å². The monoisotopic (exact) mass is 167 g/mol. The number of aryl methyl sites for hydroxylation is 1. The van der Waals surface area contributed by atoms with E-state index in [4.69, 9.17) is 0 Å². The highest BCUT2D eigenvalue weighted by Gasteiger charge is 2.03. The zero-order valence-electron chi connectivity index (χ0n) is 7.40. The number of carbonyl (C=O) groups excluding carboxylic acids is 1.